The van der Waals surface area contributed by atoms with Crippen molar-refractivity contribution in [3.63, 3.8) is 0 Å². The van der Waals surface area contributed by atoms with Gasteiger partial charge in [-0.1, -0.05) is 24.2 Å². The van der Waals surface area contributed by atoms with Gasteiger partial charge < -0.3 is 9.74 Å². The maximum Gasteiger partial charge on any atom is 0.225 e. The standard InChI is InChI=1S/C17H21FN2O2/c1-2-9-20(17(21)13-3-4-13)11-15-10-16(19-22-15)12-5-7-14(18)8-6-12/h5-8,13,15H,2-4,9-11H2,1H3/t15-/m0/s1. The molecule has 22 heavy (non-hydrogen) atoms. The molecule has 0 radical (unpaired) electrons. The normalized spacial score (nSPS) is 20.5. The third kappa shape index (κ3) is 3.46. The van der Waals surface area contributed by atoms with E-state index in [9.17, 15) is 9.18 Å². The first-order chi connectivity index (χ1) is 10.7. The zero-order valence-corrected chi connectivity index (χ0v) is 12.8. The van der Waals surface area contributed by atoms with Gasteiger partial charge in [-0.25, -0.2) is 4.39 Å². The summed E-state index contributed by atoms with van der Waals surface area (Å²) in [5.41, 5.74) is 1.69. The van der Waals surface area contributed by atoms with Crippen LogP contribution in [0.3, 0.4) is 0 Å². The minimum Gasteiger partial charge on any atom is -0.390 e. The number of amides is 1. The maximum absolute atomic E-state index is 13.0. The van der Waals surface area contributed by atoms with Crippen LogP contribution in [0.25, 0.3) is 0 Å². The molecule has 1 fully saturated rings. The van der Waals surface area contributed by atoms with Crippen molar-refractivity contribution in [2.75, 3.05) is 13.1 Å². The van der Waals surface area contributed by atoms with Crippen molar-refractivity contribution in [3.8, 4) is 0 Å². The zero-order valence-electron chi connectivity index (χ0n) is 12.8. The number of halogens is 1. The smallest absolute Gasteiger partial charge is 0.225 e. The lowest BCUT2D eigenvalue weighted by molar-refractivity contribution is -0.134. The molecule has 4 nitrogen and oxygen atoms in total. The van der Waals surface area contributed by atoms with Gasteiger partial charge in [0.1, 0.15) is 5.82 Å². The second-order valence-electron chi connectivity index (χ2n) is 6.03. The predicted molar refractivity (Wildman–Crippen MR) is 82.0 cm³/mol. The first-order valence-electron chi connectivity index (χ1n) is 7.94. The molecule has 0 spiro atoms. The highest BCUT2D eigenvalue weighted by Gasteiger charge is 2.35. The fourth-order valence-corrected chi connectivity index (χ4v) is 2.73. The van der Waals surface area contributed by atoms with E-state index in [1.54, 1.807) is 12.1 Å². The van der Waals surface area contributed by atoms with Crippen LogP contribution in [0.2, 0.25) is 0 Å². The Kier molecular flexibility index (Phi) is 4.41. The van der Waals surface area contributed by atoms with E-state index < -0.39 is 0 Å². The highest BCUT2D eigenvalue weighted by molar-refractivity contribution is 6.01. The summed E-state index contributed by atoms with van der Waals surface area (Å²) in [4.78, 5) is 19.6. The van der Waals surface area contributed by atoms with Crippen LogP contribution in [0.4, 0.5) is 4.39 Å². The van der Waals surface area contributed by atoms with Gasteiger partial charge in [0.05, 0.1) is 12.3 Å². The number of hydrogen-bond donors (Lipinski definition) is 0. The van der Waals surface area contributed by atoms with E-state index in [0.29, 0.717) is 13.0 Å². The molecular formula is C17H21FN2O2. The molecule has 1 atom stereocenters. The van der Waals surface area contributed by atoms with Gasteiger partial charge in [-0.3, -0.25) is 4.79 Å². The topological polar surface area (TPSA) is 41.9 Å². The van der Waals surface area contributed by atoms with Crippen LogP contribution in [0, 0.1) is 11.7 Å². The number of oxime groups is 1. The van der Waals surface area contributed by atoms with Gasteiger partial charge in [0.15, 0.2) is 6.10 Å². The van der Waals surface area contributed by atoms with Crippen molar-refractivity contribution in [2.45, 2.75) is 38.7 Å². The van der Waals surface area contributed by atoms with E-state index in [2.05, 4.69) is 12.1 Å². The molecule has 1 aliphatic carbocycles. The average molecular weight is 304 g/mol. The predicted octanol–water partition coefficient (Wildman–Crippen LogP) is 2.97. The van der Waals surface area contributed by atoms with Gasteiger partial charge in [0.25, 0.3) is 0 Å². The van der Waals surface area contributed by atoms with Crippen LogP contribution >= 0.6 is 0 Å². The van der Waals surface area contributed by atoms with Gasteiger partial charge in [-0.15, -0.1) is 0 Å². The monoisotopic (exact) mass is 304 g/mol. The largest absolute Gasteiger partial charge is 0.390 e. The Labute approximate surface area is 129 Å². The number of carbonyl (C=O) groups is 1. The Balaban J connectivity index is 1.58. The molecule has 1 saturated carbocycles. The van der Waals surface area contributed by atoms with Crippen LogP contribution in [0.15, 0.2) is 29.4 Å². The van der Waals surface area contributed by atoms with Crippen molar-refractivity contribution in [1.29, 1.82) is 0 Å². The summed E-state index contributed by atoms with van der Waals surface area (Å²) < 4.78 is 13.0. The summed E-state index contributed by atoms with van der Waals surface area (Å²) >= 11 is 0. The summed E-state index contributed by atoms with van der Waals surface area (Å²) in [6.45, 7) is 3.42. The highest BCUT2D eigenvalue weighted by Crippen LogP contribution is 2.31. The number of hydrogen-bond acceptors (Lipinski definition) is 3. The first-order valence-corrected chi connectivity index (χ1v) is 7.94. The first kappa shape index (κ1) is 15.0. The van der Waals surface area contributed by atoms with Crippen molar-refractivity contribution in [2.24, 2.45) is 11.1 Å². The minimum absolute atomic E-state index is 0.102. The molecule has 2 aliphatic rings. The second-order valence-corrected chi connectivity index (χ2v) is 6.03. The average Bonchev–Trinajstić information content (AvgIpc) is 3.27. The lowest BCUT2D eigenvalue weighted by Crippen LogP contribution is -2.39. The van der Waals surface area contributed by atoms with Crippen molar-refractivity contribution < 1.29 is 14.0 Å². The lowest BCUT2D eigenvalue weighted by Gasteiger charge is -2.24. The second kappa shape index (κ2) is 6.46. The van der Waals surface area contributed by atoms with Crippen molar-refractivity contribution in [1.82, 2.24) is 4.90 Å². The van der Waals surface area contributed by atoms with Crippen LogP contribution in [-0.4, -0.2) is 35.7 Å². The van der Waals surface area contributed by atoms with Gasteiger partial charge >= 0.3 is 0 Å². The minimum atomic E-state index is -0.260. The summed E-state index contributed by atoms with van der Waals surface area (Å²) in [6.07, 6.45) is 3.53. The number of rotatable bonds is 6. The lowest BCUT2D eigenvalue weighted by atomic mass is 10.0. The summed E-state index contributed by atoms with van der Waals surface area (Å²) in [5.74, 6) is 0.218. The number of carbonyl (C=O) groups excluding carboxylic acids is 1. The third-order valence-corrected chi connectivity index (χ3v) is 4.07. The zero-order chi connectivity index (χ0) is 15.5. The Morgan fingerprint density at radius 1 is 1.36 bits per heavy atom. The van der Waals surface area contributed by atoms with Crippen LogP contribution in [0.1, 0.15) is 38.2 Å². The molecule has 0 N–H and O–H groups in total. The van der Waals surface area contributed by atoms with Crippen LogP contribution < -0.4 is 0 Å². The van der Waals surface area contributed by atoms with Gasteiger partial charge in [-0.2, -0.15) is 0 Å². The molecule has 118 valence electrons. The molecule has 0 aromatic heterocycles. The SMILES string of the molecule is CCCN(C[C@@H]1CC(c2ccc(F)cc2)=NO1)C(=O)C1CC1. The summed E-state index contributed by atoms with van der Waals surface area (Å²) in [7, 11) is 0. The molecule has 1 aromatic rings. The Morgan fingerprint density at radius 2 is 2.09 bits per heavy atom. The van der Waals surface area contributed by atoms with E-state index in [-0.39, 0.29) is 23.7 Å². The van der Waals surface area contributed by atoms with E-state index in [4.69, 9.17) is 4.84 Å². The summed E-state index contributed by atoms with van der Waals surface area (Å²) in [6, 6.07) is 6.26. The molecular weight excluding hydrogens is 283 g/mol. The molecule has 1 aliphatic heterocycles. The van der Waals surface area contributed by atoms with Crippen molar-refractivity contribution >= 4 is 11.6 Å². The summed E-state index contributed by atoms with van der Waals surface area (Å²) in [5, 5.41) is 4.11. The van der Waals surface area contributed by atoms with Crippen LogP contribution in [0.5, 0.6) is 0 Å². The fourth-order valence-electron chi connectivity index (χ4n) is 2.73. The number of nitrogens with zero attached hydrogens (tertiary/aromatic N) is 2. The molecule has 0 unspecified atom stereocenters. The molecule has 5 heteroatoms. The van der Waals surface area contributed by atoms with E-state index in [1.807, 2.05) is 4.90 Å². The van der Waals surface area contributed by atoms with E-state index in [1.165, 1.54) is 12.1 Å². The molecule has 1 amide bonds. The quantitative estimate of drug-likeness (QED) is 0.811. The highest BCUT2D eigenvalue weighted by atomic mass is 19.1. The Bertz CT molecular complexity index is 567. The molecule has 0 bridgehead atoms. The fraction of sp³-hybridized carbons (Fsp3) is 0.529. The third-order valence-electron chi connectivity index (χ3n) is 4.07. The van der Waals surface area contributed by atoms with E-state index >= 15 is 0 Å². The van der Waals surface area contributed by atoms with Crippen LogP contribution in [-0.2, 0) is 9.63 Å². The Hall–Kier alpha value is -1.91. The van der Waals surface area contributed by atoms with E-state index in [0.717, 1.165) is 37.1 Å². The van der Waals surface area contributed by atoms with Gasteiger partial charge in [0.2, 0.25) is 5.91 Å². The number of benzene rings is 1. The molecule has 3 rings (SSSR count). The van der Waals surface area contributed by atoms with Gasteiger partial charge in [0, 0.05) is 18.9 Å². The Morgan fingerprint density at radius 3 is 2.73 bits per heavy atom. The van der Waals surface area contributed by atoms with Gasteiger partial charge in [-0.05, 0) is 37.0 Å². The van der Waals surface area contributed by atoms with Crippen molar-refractivity contribution in [3.05, 3.63) is 35.6 Å². The molecule has 1 heterocycles. The molecule has 1 aromatic carbocycles. The molecule has 0 saturated heterocycles. The maximum atomic E-state index is 13.0.